The Balaban J connectivity index is 2.73. The van der Waals surface area contributed by atoms with E-state index in [2.05, 4.69) is 44.3 Å². The van der Waals surface area contributed by atoms with Crippen molar-refractivity contribution in [2.75, 3.05) is 6.54 Å². The zero-order chi connectivity index (χ0) is 12.7. The molecule has 0 aliphatic carbocycles. The third kappa shape index (κ3) is 4.15. The van der Waals surface area contributed by atoms with Crippen molar-refractivity contribution in [1.82, 2.24) is 15.1 Å². The van der Waals surface area contributed by atoms with Crippen LogP contribution in [0.25, 0.3) is 0 Å². The van der Waals surface area contributed by atoms with Crippen LogP contribution in [0.15, 0.2) is 12.4 Å². The predicted octanol–water partition coefficient (Wildman–Crippen LogP) is 3.38. The molecule has 0 amide bonds. The topological polar surface area (TPSA) is 29.9 Å². The lowest BCUT2D eigenvalue weighted by Crippen LogP contribution is -2.27. The minimum Gasteiger partial charge on any atom is -0.310 e. The first-order valence-corrected chi connectivity index (χ1v) is 6.98. The molecule has 0 radical (unpaired) electrons. The number of hydrogen-bond acceptors (Lipinski definition) is 2. The molecule has 1 heterocycles. The van der Waals surface area contributed by atoms with Crippen LogP contribution in [-0.4, -0.2) is 16.3 Å². The van der Waals surface area contributed by atoms with Gasteiger partial charge in [0.1, 0.15) is 0 Å². The number of nitrogens with one attached hydrogen (secondary N) is 1. The Hall–Kier alpha value is -0.830. The lowest BCUT2D eigenvalue weighted by Gasteiger charge is -2.24. The molecule has 1 aromatic heterocycles. The minimum absolute atomic E-state index is 0.454. The summed E-state index contributed by atoms with van der Waals surface area (Å²) in [6.45, 7) is 11.0. The Kier molecular flexibility index (Phi) is 6.27. The van der Waals surface area contributed by atoms with E-state index in [4.69, 9.17) is 0 Å². The van der Waals surface area contributed by atoms with Gasteiger partial charge in [-0.25, -0.2) is 0 Å². The van der Waals surface area contributed by atoms with Crippen LogP contribution in [0.1, 0.15) is 58.6 Å². The highest BCUT2D eigenvalue weighted by Crippen LogP contribution is 2.25. The summed E-state index contributed by atoms with van der Waals surface area (Å²) >= 11 is 0. The van der Waals surface area contributed by atoms with Crippen molar-refractivity contribution in [3.05, 3.63) is 18.0 Å². The van der Waals surface area contributed by atoms with Crippen LogP contribution in [-0.2, 0) is 6.54 Å². The van der Waals surface area contributed by atoms with Crippen LogP contribution in [0, 0.1) is 5.92 Å². The second-order valence-electron chi connectivity index (χ2n) is 4.83. The Labute approximate surface area is 106 Å². The highest BCUT2D eigenvalue weighted by atomic mass is 15.3. The van der Waals surface area contributed by atoms with Gasteiger partial charge >= 0.3 is 0 Å². The molecule has 17 heavy (non-hydrogen) atoms. The molecule has 0 aromatic carbocycles. The summed E-state index contributed by atoms with van der Waals surface area (Å²) in [7, 11) is 0. The van der Waals surface area contributed by atoms with E-state index in [1.165, 1.54) is 24.8 Å². The van der Waals surface area contributed by atoms with Crippen molar-refractivity contribution in [2.45, 2.75) is 59.5 Å². The van der Waals surface area contributed by atoms with Gasteiger partial charge in [0.15, 0.2) is 0 Å². The van der Waals surface area contributed by atoms with Gasteiger partial charge in [0.2, 0.25) is 0 Å². The first-order valence-electron chi connectivity index (χ1n) is 6.98. The maximum atomic E-state index is 4.38. The number of rotatable bonds is 8. The highest BCUT2D eigenvalue weighted by Gasteiger charge is 2.19. The fourth-order valence-electron chi connectivity index (χ4n) is 2.28. The third-order valence-electron chi connectivity index (χ3n) is 3.26. The standard InChI is InChI=1S/C14H27N3/c1-5-8-12(4)14(15-9-6-2)13-10-16-17(7-3)11-13/h10-12,14-15H,5-9H2,1-4H3. The summed E-state index contributed by atoms with van der Waals surface area (Å²) in [5, 5.41) is 8.04. The van der Waals surface area contributed by atoms with Crippen LogP contribution in [0.3, 0.4) is 0 Å². The Bertz CT molecular complexity index is 306. The van der Waals surface area contributed by atoms with Crippen LogP contribution in [0.4, 0.5) is 0 Å². The van der Waals surface area contributed by atoms with E-state index >= 15 is 0 Å². The molecule has 0 aliphatic heterocycles. The van der Waals surface area contributed by atoms with E-state index in [0.29, 0.717) is 12.0 Å². The van der Waals surface area contributed by atoms with E-state index < -0.39 is 0 Å². The fraction of sp³-hybridized carbons (Fsp3) is 0.786. The number of aryl methyl sites for hydroxylation is 1. The number of nitrogens with zero attached hydrogens (tertiary/aromatic N) is 2. The summed E-state index contributed by atoms with van der Waals surface area (Å²) in [4.78, 5) is 0. The van der Waals surface area contributed by atoms with Crippen molar-refractivity contribution >= 4 is 0 Å². The Morgan fingerprint density at radius 1 is 1.29 bits per heavy atom. The van der Waals surface area contributed by atoms with Crippen LogP contribution >= 0.6 is 0 Å². The largest absolute Gasteiger partial charge is 0.310 e. The monoisotopic (exact) mass is 237 g/mol. The van der Waals surface area contributed by atoms with Gasteiger partial charge in [0, 0.05) is 24.3 Å². The molecule has 0 fully saturated rings. The molecule has 98 valence electrons. The van der Waals surface area contributed by atoms with Gasteiger partial charge in [0.05, 0.1) is 6.20 Å². The average Bonchev–Trinajstić information content (AvgIpc) is 2.78. The molecule has 3 nitrogen and oxygen atoms in total. The van der Waals surface area contributed by atoms with Crippen LogP contribution in [0.5, 0.6) is 0 Å². The number of aromatic nitrogens is 2. The van der Waals surface area contributed by atoms with Gasteiger partial charge in [-0.2, -0.15) is 5.10 Å². The van der Waals surface area contributed by atoms with Gasteiger partial charge in [-0.1, -0.05) is 27.2 Å². The molecule has 1 N–H and O–H groups in total. The van der Waals surface area contributed by atoms with Crippen molar-refractivity contribution in [2.24, 2.45) is 5.92 Å². The molecule has 0 saturated carbocycles. The van der Waals surface area contributed by atoms with Crippen molar-refractivity contribution in [1.29, 1.82) is 0 Å². The van der Waals surface area contributed by atoms with Crippen molar-refractivity contribution in [3.63, 3.8) is 0 Å². The summed E-state index contributed by atoms with van der Waals surface area (Å²) < 4.78 is 2.01. The summed E-state index contributed by atoms with van der Waals surface area (Å²) in [6, 6.07) is 0.454. The summed E-state index contributed by atoms with van der Waals surface area (Å²) in [6.07, 6.45) is 7.88. The Morgan fingerprint density at radius 3 is 2.59 bits per heavy atom. The van der Waals surface area contributed by atoms with Gasteiger partial charge in [-0.15, -0.1) is 0 Å². The normalized spacial score (nSPS) is 14.8. The molecule has 0 aliphatic rings. The molecule has 0 saturated heterocycles. The fourth-order valence-corrected chi connectivity index (χ4v) is 2.28. The maximum Gasteiger partial charge on any atom is 0.0537 e. The van der Waals surface area contributed by atoms with Crippen LogP contribution in [0.2, 0.25) is 0 Å². The second-order valence-corrected chi connectivity index (χ2v) is 4.83. The van der Waals surface area contributed by atoms with E-state index in [9.17, 15) is 0 Å². The van der Waals surface area contributed by atoms with Gasteiger partial charge in [0.25, 0.3) is 0 Å². The predicted molar refractivity (Wildman–Crippen MR) is 73.0 cm³/mol. The lowest BCUT2D eigenvalue weighted by atomic mass is 9.92. The summed E-state index contributed by atoms with van der Waals surface area (Å²) in [5.74, 6) is 0.668. The van der Waals surface area contributed by atoms with Crippen LogP contribution < -0.4 is 5.32 Å². The summed E-state index contributed by atoms with van der Waals surface area (Å²) in [5.41, 5.74) is 1.33. The molecule has 2 atom stereocenters. The molecule has 3 heteroatoms. The molecular formula is C14H27N3. The lowest BCUT2D eigenvalue weighted by molar-refractivity contribution is 0.363. The first-order chi connectivity index (χ1) is 8.22. The first kappa shape index (κ1) is 14.2. The van der Waals surface area contributed by atoms with Crippen molar-refractivity contribution < 1.29 is 0 Å². The third-order valence-corrected chi connectivity index (χ3v) is 3.26. The zero-order valence-electron chi connectivity index (χ0n) is 11.7. The maximum absolute atomic E-state index is 4.38. The molecule has 1 rings (SSSR count). The minimum atomic E-state index is 0.454. The van der Waals surface area contributed by atoms with Crippen molar-refractivity contribution in [3.8, 4) is 0 Å². The van der Waals surface area contributed by atoms with E-state index in [1.807, 2.05) is 10.9 Å². The molecule has 2 unspecified atom stereocenters. The number of hydrogen-bond donors (Lipinski definition) is 1. The molecule has 0 bridgehead atoms. The smallest absolute Gasteiger partial charge is 0.0537 e. The van der Waals surface area contributed by atoms with E-state index in [1.54, 1.807) is 0 Å². The second kappa shape index (κ2) is 7.49. The van der Waals surface area contributed by atoms with E-state index in [0.717, 1.165) is 13.1 Å². The van der Waals surface area contributed by atoms with Gasteiger partial charge in [-0.3, -0.25) is 4.68 Å². The average molecular weight is 237 g/mol. The van der Waals surface area contributed by atoms with Gasteiger partial charge < -0.3 is 5.32 Å². The SMILES string of the molecule is CCCNC(c1cnn(CC)c1)C(C)CCC. The van der Waals surface area contributed by atoms with Gasteiger partial charge in [-0.05, 0) is 32.2 Å². The zero-order valence-corrected chi connectivity index (χ0v) is 11.7. The molecule has 0 spiro atoms. The molecule has 1 aromatic rings. The highest BCUT2D eigenvalue weighted by molar-refractivity contribution is 5.11. The quantitative estimate of drug-likeness (QED) is 0.751. The molecular weight excluding hydrogens is 210 g/mol. The Morgan fingerprint density at radius 2 is 2.06 bits per heavy atom. The van der Waals surface area contributed by atoms with E-state index in [-0.39, 0.29) is 0 Å².